The van der Waals surface area contributed by atoms with Crippen LogP contribution in [0.2, 0.25) is 0 Å². The predicted octanol–water partition coefficient (Wildman–Crippen LogP) is 2.73. The highest BCUT2D eigenvalue weighted by Gasteiger charge is 2.20. The number of anilines is 2. The van der Waals surface area contributed by atoms with E-state index >= 15 is 0 Å². The van der Waals surface area contributed by atoms with Gasteiger partial charge in [0.15, 0.2) is 0 Å². The van der Waals surface area contributed by atoms with Crippen molar-refractivity contribution in [2.24, 2.45) is 0 Å². The number of benzene rings is 1. The molecular formula is C11H13N2OPS. The minimum Gasteiger partial charge on any atom is -0.506 e. The second kappa shape index (κ2) is 3.51. The molecule has 5 heteroatoms. The lowest BCUT2D eigenvalue weighted by Gasteiger charge is -2.28. The van der Waals surface area contributed by atoms with Gasteiger partial charge in [0.05, 0.1) is 10.4 Å². The summed E-state index contributed by atoms with van der Waals surface area (Å²) < 4.78 is 3.02. The minimum absolute atomic E-state index is 0.338. The zero-order chi connectivity index (χ0) is 11.3. The average molecular weight is 252 g/mol. The van der Waals surface area contributed by atoms with Gasteiger partial charge in [0.25, 0.3) is 0 Å². The predicted molar refractivity (Wildman–Crippen MR) is 73.3 cm³/mol. The second-order valence-electron chi connectivity index (χ2n) is 4.09. The van der Waals surface area contributed by atoms with Crippen LogP contribution in [0, 0.1) is 0 Å². The summed E-state index contributed by atoms with van der Waals surface area (Å²) in [4.78, 5) is 0. The zero-order valence-corrected chi connectivity index (χ0v) is 10.7. The first-order chi connectivity index (χ1) is 7.68. The number of phenols is 1. The summed E-state index contributed by atoms with van der Waals surface area (Å²) in [6.07, 6.45) is 2.17. The zero-order valence-electron chi connectivity index (χ0n) is 8.73. The molecule has 1 unspecified atom stereocenters. The summed E-state index contributed by atoms with van der Waals surface area (Å²) in [6, 6.07) is 1.85. The van der Waals surface area contributed by atoms with E-state index in [1.54, 1.807) is 0 Å². The molecule has 16 heavy (non-hydrogen) atoms. The van der Waals surface area contributed by atoms with Gasteiger partial charge in [-0.05, 0) is 27.8 Å². The van der Waals surface area contributed by atoms with Crippen molar-refractivity contribution in [2.45, 2.75) is 12.8 Å². The van der Waals surface area contributed by atoms with Crippen molar-refractivity contribution < 1.29 is 5.11 Å². The highest BCUT2D eigenvalue weighted by Crippen LogP contribution is 2.44. The Hall–Kier alpha value is -0.990. The largest absolute Gasteiger partial charge is 0.506 e. The Morgan fingerprint density at radius 3 is 3.12 bits per heavy atom. The molecule has 0 fully saturated rings. The van der Waals surface area contributed by atoms with Gasteiger partial charge in [-0.3, -0.25) is 0 Å². The molecule has 0 saturated carbocycles. The van der Waals surface area contributed by atoms with Gasteiger partial charge in [-0.2, -0.15) is 0 Å². The molecule has 3 nitrogen and oxygen atoms in total. The van der Waals surface area contributed by atoms with E-state index in [1.165, 1.54) is 16.9 Å². The minimum atomic E-state index is 0.338. The maximum Gasteiger partial charge on any atom is 0.135 e. The number of thiophene rings is 1. The number of rotatable bonds is 0. The Labute approximate surface area is 100 Å². The van der Waals surface area contributed by atoms with Crippen LogP contribution in [0.1, 0.15) is 12.0 Å². The van der Waals surface area contributed by atoms with Crippen LogP contribution in [-0.2, 0) is 6.42 Å². The van der Waals surface area contributed by atoms with Gasteiger partial charge < -0.3 is 15.5 Å². The van der Waals surface area contributed by atoms with Gasteiger partial charge in [-0.15, -0.1) is 11.3 Å². The van der Waals surface area contributed by atoms with Crippen LogP contribution in [0.3, 0.4) is 0 Å². The average Bonchev–Trinajstić information content (AvgIpc) is 2.64. The summed E-state index contributed by atoms with van der Waals surface area (Å²) in [5, 5.41) is 12.9. The number of fused-ring (bicyclic) bond motifs is 3. The third-order valence-electron chi connectivity index (χ3n) is 3.07. The van der Waals surface area contributed by atoms with Crippen molar-refractivity contribution >= 4 is 42.2 Å². The Balaban J connectivity index is 2.41. The number of nitrogens with zero attached hydrogens (tertiary/aromatic N) is 1. The fourth-order valence-electron chi connectivity index (χ4n) is 2.34. The highest BCUT2D eigenvalue weighted by molar-refractivity contribution is 7.19. The molecule has 0 spiro atoms. The third kappa shape index (κ3) is 1.30. The highest BCUT2D eigenvalue weighted by atomic mass is 32.1. The summed E-state index contributed by atoms with van der Waals surface area (Å²) >= 11 is 1.51. The summed E-state index contributed by atoms with van der Waals surface area (Å²) in [5.74, 6) is 0.338. The molecule has 2 heterocycles. The van der Waals surface area contributed by atoms with Crippen LogP contribution in [0.25, 0.3) is 10.1 Å². The monoisotopic (exact) mass is 252 g/mol. The maximum absolute atomic E-state index is 9.98. The molecule has 1 atom stereocenters. The molecule has 0 saturated heterocycles. The lowest BCUT2D eigenvalue weighted by Crippen LogP contribution is -2.19. The molecule has 1 aliphatic rings. The number of nitrogens with two attached hydrogens (primary N) is 1. The van der Waals surface area contributed by atoms with Crippen molar-refractivity contribution in [3.63, 3.8) is 0 Å². The van der Waals surface area contributed by atoms with Crippen molar-refractivity contribution in [1.82, 2.24) is 0 Å². The van der Waals surface area contributed by atoms with Gasteiger partial charge >= 0.3 is 0 Å². The number of hydrogen-bond acceptors (Lipinski definition) is 4. The van der Waals surface area contributed by atoms with Crippen molar-refractivity contribution in [1.29, 1.82) is 0 Å². The fraction of sp³-hybridized carbons (Fsp3) is 0.273. The number of phenolic OH excluding ortho intramolecular Hbond substituents is 1. The molecule has 1 aliphatic heterocycles. The van der Waals surface area contributed by atoms with E-state index in [2.05, 4.69) is 14.1 Å². The first kappa shape index (κ1) is 10.2. The van der Waals surface area contributed by atoms with Gasteiger partial charge in [0.1, 0.15) is 5.75 Å². The molecule has 0 radical (unpaired) electrons. The lowest BCUT2D eigenvalue weighted by atomic mass is 9.98. The molecule has 0 bridgehead atoms. The fourth-order valence-corrected chi connectivity index (χ4v) is 3.65. The Morgan fingerprint density at radius 1 is 1.50 bits per heavy atom. The topological polar surface area (TPSA) is 49.5 Å². The van der Waals surface area contributed by atoms with Gasteiger partial charge in [0.2, 0.25) is 0 Å². The standard InChI is InChI=1S/C11H13N2OPS/c12-7-5-16-11-9(14)4-8-6(10(7)11)2-1-3-13(8)15/h4-5,14H,1-3,12,15H2. The van der Waals surface area contributed by atoms with Gasteiger partial charge in [0, 0.05) is 29.1 Å². The number of aryl methyl sites for hydroxylation is 1. The van der Waals surface area contributed by atoms with Gasteiger partial charge in [-0.25, -0.2) is 0 Å². The van der Waals surface area contributed by atoms with E-state index in [-0.39, 0.29) is 0 Å². The van der Waals surface area contributed by atoms with Crippen molar-refractivity contribution in [3.05, 3.63) is 17.0 Å². The molecule has 1 aromatic heterocycles. The van der Waals surface area contributed by atoms with E-state index < -0.39 is 0 Å². The SMILES string of the molecule is Nc1csc2c(O)cc3c(c12)CCCN3P. The molecule has 3 rings (SSSR count). The van der Waals surface area contributed by atoms with E-state index in [4.69, 9.17) is 5.73 Å². The molecule has 1 aromatic carbocycles. The number of hydrogen-bond donors (Lipinski definition) is 2. The summed E-state index contributed by atoms with van der Waals surface area (Å²) in [5.41, 5.74) is 9.13. The molecule has 0 aliphatic carbocycles. The Kier molecular flexibility index (Phi) is 2.23. The normalized spacial score (nSPS) is 15.4. The lowest BCUT2D eigenvalue weighted by molar-refractivity contribution is 0.482. The second-order valence-corrected chi connectivity index (χ2v) is 5.59. The van der Waals surface area contributed by atoms with Crippen LogP contribution in [0.5, 0.6) is 5.75 Å². The maximum atomic E-state index is 9.98. The Bertz CT molecular complexity index is 567. The van der Waals surface area contributed by atoms with E-state index in [0.29, 0.717) is 5.75 Å². The molecule has 84 valence electrons. The van der Waals surface area contributed by atoms with E-state index in [9.17, 15) is 5.11 Å². The van der Waals surface area contributed by atoms with E-state index in [0.717, 1.165) is 40.8 Å². The van der Waals surface area contributed by atoms with Crippen LogP contribution >= 0.6 is 20.7 Å². The summed E-state index contributed by atoms with van der Waals surface area (Å²) in [6.45, 7) is 1.01. The molecule has 2 aromatic rings. The first-order valence-corrected chi connectivity index (χ1v) is 6.62. The van der Waals surface area contributed by atoms with Crippen LogP contribution < -0.4 is 10.4 Å². The quantitative estimate of drug-likeness (QED) is 0.709. The third-order valence-corrected chi connectivity index (χ3v) is 4.63. The van der Waals surface area contributed by atoms with Crippen LogP contribution in [0.15, 0.2) is 11.4 Å². The number of nitrogen functional groups attached to an aromatic ring is 1. The van der Waals surface area contributed by atoms with Gasteiger partial charge in [-0.1, -0.05) is 0 Å². The van der Waals surface area contributed by atoms with Crippen molar-refractivity contribution in [2.75, 3.05) is 16.9 Å². The number of aromatic hydroxyl groups is 1. The molecular weight excluding hydrogens is 239 g/mol. The molecule has 3 N–H and O–H groups in total. The van der Waals surface area contributed by atoms with Crippen molar-refractivity contribution in [3.8, 4) is 5.75 Å². The summed E-state index contributed by atoms with van der Waals surface area (Å²) in [7, 11) is 2.70. The first-order valence-electron chi connectivity index (χ1n) is 5.22. The van der Waals surface area contributed by atoms with Crippen LogP contribution in [0.4, 0.5) is 11.4 Å². The van der Waals surface area contributed by atoms with E-state index in [1.807, 2.05) is 11.4 Å². The Morgan fingerprint density at radius 2 is 2.31 bits per heavy atom. The molecule has 0 amide bonds. The smallest absolute Gasteiger partial charge is 0.135 e. The van der Waals surface area contributed by atoms with Crippen LogP contribution in [-0.4, -0.2) is 11.7 Å².